The maximum atomic E-state index is 12.4. The van der Waals surface area contributed by atoms with Crippen LogP contribution in [0, 0.1) is 6.92 Å². The van der Waals surface area contributed by atoms with E-state index in [0.717, 1.165) is 16.9 Å². The summed E-state index contributed by atoms with van der Waals surface area (Å²) in [5.74, 6) is 1.28. The molecule has 0 aliphatic carbocycles. The van der Waals surface area contributed by atoms with Gasteiger partial charge in [0.05, 0.1) is 38.7 Å². The molecule has 0 aromatic heterocycles. The van der Waals surface area contributed by atoms with Crippen LogP contribution in [0.4, 0.5) is 11.4 Å². The van der Waals surface area contributed by atoms with Gasteiger partial charge in [0.2, 0.25) is 5.91 Å². The molecular formula is C18H20N2O3. The summed E-state index contributed by atoms with van der Waals surface area (Å²) in [6.45, 7) is 2.85. The molecule has 1 amide bonds. The molecule has 0 saturated carbocycles. The Balaban J connectivity index is 1.98. The van der Waals surface area contributed by atoms with E-state index in [1.54, 1.807) is 19.1 Å². The van der Waals surface area contributed by atoms with Gasteiger partial charge in [-0.05, 0) is 12.5 Å². The summed E-state index contributed by atoms with van der Waals surface area (Å²) in [6, 6.07) is 11.9. The molecule has 0 fully saturated rings. The minimum absolute atomic E-state index is 0.0327. The Bertz CT molecular complexity index is 726. The number of amides is 1. The van der Waals surface area contributed by atoms with E-state index in [1.165, 1.54) is 5.56 Å². The van der Waals surface area contributed by atoms with Gasteiger partial charge >= 0.3 is 0 Å². The highest BCUT2D eigenvalue weighted by atomic mass is 16.5. The molecule has 1 aliphatic heterocycles. The summed E-state index contributed by atoms with van der Waals surface area (Å²) in [5, 5.41) is 3.14. The average molecular weight is 312 g/mol. The van der Waals surface area contributed by atoms with Crippen LogP contribution >= 0.6 is 0 Å². The van der Waals surface area contributed by atoms with Crippen molar-refractivity contribution in [2.24, 2.45) is 0 Å². The molecule has 120 valence electrons. The molecule has 5 heteroatoms. The summed E-state index contributed by atoms with van der Waals surface area (Å²) in [5.41, 5.74) is 3.97. The quantitative estimate of drug-likeness (QED) is 0.943. The van der Waals surface area contributed by atoms with Crippen LogP contribution in [0.25, 0.3) is 0 Å². The predicted octanol–water partition coefficient (Wildman–Crippen LogP) is 2.97. The Kier molecular flexibility index (Phi) is 4.10. The van der Waals surface area contributed by atoms with Crippen molar-refractivity contribution in [2.45, 2.75) is 13.5 Å². The summed E-state index contributed by atoms with van der Waals surface area (Å²) in [4.78, 5) is 14.2. The number of hydrogen-bond acceptors (Lipinski definition) is 4. The number of hydrogen-bond donors (Lipinski definition) is 1. The lowest BCUT2D eigenvalue weighted by atomic mass is 10.1. The van der Waals surface area contributed by atoms with Crippen molar-refractivity contribution in [3.63, 3.8) is 0 Å². The maximum Gasteiger partial charge on any atom is 0.246 e. The minimum atomic E-state index is 0.0327. The zero-order valence-electron chi connectivity index (χ0n) is 13.6. The van der Waals surface area contributed by atoms with Gasteiger partial charge in [0.15, 0.2) is 11.5 Å². The molecule has 1 heterocycles. The normalized spacial score (nSPS) is 13.3. The lowest BCUT2D eigenvalue weighted by Crippen LogP contribution is -2.39. The van der Waals surface area contributed by atoms with Crippen molar-refractivity contribution >= 4 is 17.3 Å². The Hall–Kier alpha value is -2.69. The molecule has 0 radical (unpaired) electrons. The lowest BCUT2D eigenvalue weighted by molar-refractivity contribution is -0.117. The zero-order chi connectivity index (χ0) is 16.4. The fourth-order valence-electron chi connectivity index (χ4n) is 2.68. The molecule has 0 atom stereocenters. The highest BCUT2D eigenvalue weighted by Crippen LogP contribution is 2.40. The van der Waals surface area contributed by atoms with Crippen LogP contribution in [0.15, 0.2) is 36.4 Å². The summed E-state index contributed by atoms with van der Waals surface area (Å²) in [7, 11) is 3.19. The molecule has 0 spiro atoms. The zero-order valence-corrected chi connectivity index (χ0v) is 13.6. The summed E-state index contributed by atoms with van der Waals surface area (Å²) >= 11 is 0. The second kappa shape index (κ2) is 6.20. The predicted molar refractivity (Wildman–Crippen MR) is 90.4 cm³/mol. The number of aryl methyl sites for hydroxylation is 1. The van der Waals surface area contributed by atoms with Crippen LogP contribution < -0.4 is 19.7 Å². The number of carbonyl (C=O) groups excluding carboxylic acids is 1. The number of nitrogens with one attached hydrogen (secondary N) is 1. The van der Waals surface area contributed by atoms with Crippen molar-refractivity contribution in [1.82, 2.24) is 0 Å². The van der Waals surface area contributed by atoms with Crippen molar-refractivity contribution in [1.29, 1.82) is 0 Å². The van der Waals surface area contributed by atoms with Gasteiger partial charge in [0.25, 0.3) is 0 Å². The molecule has 1 N–H and O–H groups in total. The molecule has 1 aliphatic rings. The second-order valence-corrected chi connectivity index (χ2v) is 5.54. The number of nitrogens with zero attached hydrogens (tertiary/aromatic N) is 1. The number of rotatable bonds is 4. The van der Waals surface area contributed by atoms with Crippen LogP contribution in [0.2, 0.25) is 0 Å². The number of ether oxygens (including phenoxy) is 2. The van der Waals surface area contributed by atoms with E-state index in [0.29, 0.717) is 18.0 Å². The van der Waals surface area contributed by atoms with E-state index in [2.05, 4.69) is 17.4 Å². The van der Waals surface area contributed by atoms with Gasteiger partial charge in [-0.25, -0.2) is 0 Å². The van der Waals surface area contributed by atoms with Gasteiger partial charge in [-0.15, -0.1) is 0 Å². The van der Waals surface area contributed by atoms with Crippen molar-refractivity contribution < 1.29 is 14.3 Å². The van der Waals surface area contributed by atoms with Crippen molar-refractivity contribution in [3.8, 4) is 11.5 Å². The molecule has 2 aromatic rings. The first-order valence-electron chi connectivity index (χ1n) is 7.48. The third-order valence-electron chi connectivity index (χ3n) is 3.99. The molecule has 3 rings (SSSR count). The van der Waals surface area contributed by atoms with Crippen molar-refractivity contribution in [3.05, 3.63) is 47.5 Å². The van der Waals surface area contributed by atoms with Crippen LogP contribution in [-0.4, -0.2) is 26.7 Å². The fraction of sp³-hybridized carbons (Fsp3) is 0.278. The van der Waals surface area contributed by atoms with Crippen LogP contribution in [0.3, 0.4) is 0 Å². The van der Waals surface area contributed by atoms with E-state index in [-0.39, 0.29) is 12.5 Å². The number of anilines is 2. The minimum Gasteiger partial charge on any atom is -0.493 e. The van der Waals surface area contributed by atoms with E-state index in [9.17, 15) is 4.79 Å². The lowest BCUT2D eigenvalue weighted by Gasteiger charge is -2.31. The average Bonchev–Trinajstić information content (AvgIpc) is 2.58. The van der Waals surface area contributed by atoms with Crippen LogP contribution in [0.5, 0.6) is 11.5 Å². The smallest absolute Gasteiger partial charge is 0.246 e. The van der Waals surface area contributed by atoms with Gasteiger partial charge in [0, 0.05) is 12.1 Å². The fourth-order valence-corrected chi connectivity index (χ4v) is 2.68. The molecule has 0 saturated heterocycles. The van der Waals surface area contributed by atoms with Gasteiger partial charge in [-0.3, -0.25) is 4.79 Å². The molecule has 2 aromatic carbocycles. The van der Waals surface area contributed by atoms with Gasteiger partial charge in [-0.2, -0.15) is 0 Å². The van der Waals surface area contributed by atoms with Crippen molar-refractivity contribution in [2.75, 3.05) is 31.0 Å². The van der Waals surface area contributed by atoms with E-state index < -0.39 is 0 Å². The molecule has 5 nitrogen and oxygen atoms in total. The third kappa shape index (κ3) is 2.95. The number of methoxy groups -OCH3 is 2. The SMILES string of the molecule is COc1cc2c(cc1OC)N(Cc1ccc(C)cc1)C(=O)CN2. The number of carbonyl (C=O) groups is 1. The summed E-state index contributed by atoms with van der Waals surface area (Å²) < 4.78 is 10.7. The van der Waals surface area contributed by atoms with Crippen LogP contribution in [-0.2, 0) is 11.3 Å². The van der Waals surface area contributed by atoms with Crippen LogP contribution in [0.1, 0.15) is 11.1 Å². The Morgan fingerprint density at radius 1 is 1.09 bits per heavy atom. The maximum absolute atomic E-state index is 12.4. The molecule has 0 bridgehead atoms. The summed E-state index contributed by atoms with van der Waals surface area (Å²) in [6.07, 6.45) is 0. The standard InChI is InChI=1S/C18H20N2O3/c1-12-4-6-13(7-5-12)11-20-15-9-17(23-3)16(22-2)8-14(15)19-10-18(20)21/h4-9,19H,10-11H2,1-3H3. The monoisotopic (exact) mass is 312 g/mol. The first-order chi connectivity index (χ1) is 11.1. The first kappa shape index (κ1) is 15.2. The van der Waals surface area contributed by atoms with Gasteiger partial charge < -0.3 is 19.7 Å². The van der Waals surface area contributed by atoms with Gasteiger partial charge in [-0.1, -0.05) is 29.8 Å². The van der Waals surface area contributed by atoms with E-state index in [1.807, 2.05) is 31.2 Å². The Morgan fingerprint density at radius 3 is 2.39 bits per heavy atom. The Labute approximate surface area is 135 Å². The Morgan fingerprint density at radius 2 is 1.74 bits per heavy atom. The third-order valence-corrected chi connectivity index (χ3v) is 3.99. The molecule has 23 heavy (non-hydrogen) atoms. The highest BCUT2D eigenvalue weighted by Gasteiger charge is 2.26. The van der Waals surface area contributed by atoms with E-state index in [4.69, 9.17) is 9.47 Å². The first-order valence-corrected chi connectivity index (χ1v) is 7.48. The van der Waals surface area contributed by atoms with E-state index >= 15 is 0 Å². The topological polar surface area (TPSA) is 50.8 Å². The molecule has 0 unspecified atom stereocenters. The van der Waals surface area contributed by atoms with Gasteiger partial charge in [0.1, 0.15) is 0 Å². The molecular weight excluding hydrogens is 292 g/mol. The highest BCUT2D eigenvalue weighted by molar-refractivity contribution is 6.03. The number of benzene rings is 2. The second-order valence-electron chi connectivity index (χ2n) is 5.54. The largest absolute Gasteiger partial charge is 0.493 e. The number of fused-ring (bicyclic) bond motifs is 1.